The molecular weight excluding hydrogens is 270 g/mol. The molecule has 0 radical (unpaired) electrons. The molecule has 0 spiro atoms. The van der Waals surface area contributed by atoms with E-state index in [1.165, 1.54) is 12.8 Å². The molecule has 0 aliphatic heterocycles. The Morgan fingerprint density at radius 2 is 2.07 bits per heavy atom. The second kappa shape index (κ2) is 6.54. The van der Waals surface area contributed by atoms with Gasteiger partial charge in [0.05, 0.1) is 5.03 Å². The van der Waals surface area contributed by atoms with Crippen LogP contribution in [0, 0.1) is 5.41 Å². The van der Waals surface area contributed by atoms with E-state index >= 15 is 0 Å². The summed E-state index contributed by atoms with van der Waals surface area (Å²) < 4.78 is 0. The van der Waals surface area contributed by atoms with E-state index in [0.717, 1.165) is 16.1 Å². The largest absolute Gasteiger partial charge is 0.250 e. The zero-order valence-corrected chi connectivity index (χ0v) is 11.8. The third-order valence-corrected chi connectivity index (χ3v) is 5.43. The quantitative estimate of drug-likeness (QED) is 0.569. The summed E-state index contributed by atoms with van der Waals surface area (Å²) in [5, 5.41) is 2.21. The number of hydrogen-bond acceptors (Lipinski definition) is 2. The first-order valence-corrected chi connectivity index (χ1v) is 7.47. The number of hydrogen-bond donors (Lipinski definition) is 0. The number of rotatable bonds is 6. The van der Waals surface area contributed by atoms with Crippen LogP contribution in [0.1, 0.15) is 26.7 Å². The molecule has 0 saturated heterocycles. The predicted molar refractivity (Wildman–Crippen MR) is 71.8 cm³/mol. The van der Waals surface area contributed by atoms with Crippen molar-refractivity contribution in [3.05, 3.63) is 24.4 Å². The van der Waals surface area contributed by atoms with Gasteiger partial charge in [-0.3, -0.25) is 0 Å². The lowest BCUT2D eigenvalue weighted by molar-refractivity contribution is 0.359. The summed E-state index contributed by atoms with van der Waals surface area (Å²) in [5.74, 6) is 1.14. The molecule has 0 N–H and O–H groups in total. The normalized spacial score (nSPS) is 11.7. The first-order chi connectivity index (χ1) is 7.26. The summed E-state index contributed by atoms with van der Waals surface area (Å²) in [7, 11) is 0. The van der Waals surface area contributed by atoms with Crippen molar-refractivity contribution in [2.75, 3.05) is 11.1 Å². The van der Waals surface area contributed by atoms with Crippen LogP contribution in [-0.4, -0.2) is 16.1 Å². The fourth-order valence-corrected chi connectivity index (χ4v) is 3.87. The molecule has 0 atom stereocenters. The van der Waals surface area contributed by atoms with Crippen LogP contribution >= 0.6 is 27.7 Å². The van der Waals surface area contributed by atoms with Crippen LogP contribution in [-0.2, 0) is 0 Å². The molecule has 1 rings (SSSR count). The third kappa shape index (κ3) is 3.80. The highest BCUT2D eigenvalue weighted by molar-refractivity contribution is 9.09. The van der Waals surface area contributed by atoms with Gasteiger partial charge >= 0.3 is 0 Å². The molecule has 0 unspecified atom stereocenters. The van der Waals surface area contributed by atoms with Gasteiger partial charge in [0.15, 0.2) is 0 Å². The van der Waals surface area contributed by atoms with E-state index in [2.05, 4.69) is 40.8 Å². The van der Waals surface area contributed by atoms with Gasteiger partial charge in [-0.05, 0) is 30.4 Å². The molecular formula is C12H18BrNS. The minimum absolute atomic E-state index is 0.419. The van der Waals surface area contributed by atoms with Crippen molar-refractivity contribution in [1.82, 2.24) is 4.98 Å². The van der Waals surface area contributed by atoms with Gasteiger partial charge < -0.3 is 0 Å². The van der Waals surface area contributed by atoms with Gasteiger partial charge in [0.2, 0.25) is 0 Å². The minimum atomic E-state index is 0.419. The molecule has 1 nitrogen and oxygen atoms in total. The highest BCUT2D eigenvalue weighted by atomic mass is 79.9. The first kappa shape index (κ1) is 13.0. The maximum Gasteiger partial charge on any atom is 0.0959 e. The van der Waals surface area contributed by atoms with Gasteiger partial charge in [0.25, 0.3) is 0 Å². The molecule has 3 heteroatoms. The predicted octanol–water partition coefficient (Wildman–Crippen LogP) is 4.38. The van der Waals surface area contributed by atoms with Gasteiger partial charge in [-0.1, -0.05) is 35.8 Å². The maximum absolute atomic E-state index is 4.33. The Bertz CT molecular complexity index is 264. The number of aromatic nitrogens is 1. The molecule has 0 aliphatic carbocycles. The van der Waals surface area contributed by atoms with Crippen LogP contribution in [0.15, 0.2) is 29.4 Å². The lowest BCUT2D eigenvalue weighted by Gasteiger charge is -2.28. The fourth-order valence-electron chi connectivity index (χ4n) is 1.34. The SMILES string of the molecule is CCC(CC)(CBr)CSc1ccccn1. The highest BCUT2D eigenvalue weighted by Crippen LogP contribution is 2.34. The molecule has 1 heterocycles. The highest BCUT2D eigenvalue weighted by Gasteiger charge is 2.24. The van der Waals surface area contributed by atoms with E-state index in [1.54, 1.807) is 0 Å². The number of nitrogens with zero attached hydrogens (tertiary/aromatic N) is 1. The average Bonchev–Trinajstić information content (AvgIpc) is 2.33. The monoisotopic (exact) mass is 287 g/mol. The zero-order valence-electron chi connectivity index (χ0n) is 9.37. The molecule has 0 aliphatic rings. The Kier molecular flexibility index (Phi) is 5.69. The number of thioether (sulfide) groups is 1. The first-order valence-electron chi connectivity index (χ1n) is 5.36. The van der Waals surface area contributed by atoms with Crippen molar-refractivity contribution in [2.45, 2.75) is 31.7 Å². The Hall–Kier alpha value is -0.0200. The van der Waals surface area contributed by atoms with E-state index in [4.69, 9.17) is 0 Å². The molecule has 0 saturated carbocycles. The smallest absolute Gasteiger partial charge is 0.0959 e. The second-order valence-corrected chi connectivity index (χ2v) is 5.35. The van der Waals surface area contributed by atoms with Gasteiger partial charge in [0, 0.05) is 17.3 Å². The molecule has 15 heavy (non-hydrogen) atoms. The maximum atomic E-state index is 4.33. The van der Waals surface area contributed by atoms with Crippen molar-refractivity contribution in [3.8, 4) is 0 Å². The standard InChI is InChI=1S/C12H18BrNS/c1-3-12(4-2,9-13)10-15-11-7-5-6-8-14-11/h5-8H,3-4,9-10H2,1-2H3. The summed E-state index contributed by atoms with van der Waals surface area (Å²) >= 11 is 5.49. The Morgan fingerprint density at radius 3 is 2.53 bits per heavy atom. The molecule has 0 amide bonds. The van der Waals surface area contributed by atoms with Crippen molar-refractivity contribution in [1.29, 1.82) is 0 Å². The van der Waals surface area contributed by atoms with Crippen LogP contribution in [0.25, 0.3) is 0 Å². The van der Waals surface area contributed by atoms with Crippen molar-refractivity contribution in [2.24, 2.45) is 5.41 Å². The van der Waals surface area contributed by atoms with Gasteiger partial charge in [-0.15, -0.1) is 11.8 Å². The lowest BCUT2D eigenvalue weighted by Crippen LogP contribution is -2.23. The second-order valence-electron chi connectivity index (χ2n) is 3.80. The van der Waals surface area contributed by atoms with Crippen LogP contribution in [0.3, 0.4) is 0 Å². The van der Waals surface area contributed by atoms with Gasteiger partial charge in [-0.2, -0.15) is 0 Å². The summed E-state index contributed by atoms with van der Waals surface area (Å²) in [6.45, 7) is 4.54. The summed E-state index contributed by atoms with van der Waals surface area (Å²) in [6, 6.07) is 6.08. The van der Waals surface area contributed by atoms with E-state index in [-0.39, 0.29) is 0 Å². The summed E-state index contributed by atoms with van der Waals surface area (Å²) in [6.07, 6.45) is 4.29. The summed E-state index contributed by atoms with van der Waals surface area (Å²) in [5.41, 5.74) is 0.419. The molecule has 84 valence electrons. The van der Waals surface area contributed by atoms with Crippen LogP contribution in [0.5, 0.6) is 0 Å². The van der Waals surface area contributed by atoms with Crippen molar-refractivity contribution in [3.63, 3.8) is 0 Å². The van der Waals surface area contributed by atoms with Gasteiger partial charge in [0.1, 0.15) is 0 Å². The van der Waals surface area contributed by atoms with E-state index < -0.39 is 0 Å². The average molecular weight is 288 g/mol. The minimum Gasteiger partial charge on any atom is -0.250 e. The molecule has 0 aromatic carbocycles. The molecule has 0 fully saturated rings. The number of alkyl halides is 1. The van der Waals surface area contributed by atoms with Crippen LogP contribution in [0.2, 0.25) is 0 Å². The Balaban J connectivity index is 2.54. The fraction of sp³-hybridized carbons (Fsp3) is 0.583. The van der Waals surface area contributed by atoms with Crippen molar-refractivity contribution >= 4 is 27.7 Å². The topological polar surface area (TPSA) is 12.9 Å². The lowest BCUT2D eigenvalue weighted by atomic mass is 9.87. The zero-order chi connectivity index (χ0) is 11.1. The number of pyridine rings is 1. The van der Waals surface area contributed by atoms with Crippen LogP contribution in [0.4, 0.5) is 0 Å². The van der Waals surface area contributed by atoms with Gasteiger partial charge in [-0.25, -0.2) is 4.98 Å². The van der Waals surface area contributed by atoms with E-state index in [1.807, 2.05) is 30.1 Å². The van der Waals surface area contributed by atoms with Crippen LogP contribution < -0.4 is 0 Å². The Labute approximate surface area is 105 Å². The Morgan fingerprint density at radius 1 is 1.33 bits per heavy atom. The van der Waals surface area contributed by atoms with E-state index in [9.17, 15) is 0 Å². The molecule has 1 aromatic heterocycles. The molecule has 0 bridgehead atoms. The number of halogens is 1. The van der Waals surface area contributed by atoms with Crippen molar-refractivity contribution < 1.29 is 0 Å². The molecule has 1 aromatic rings. The third-order valence-electron chi connectivity index (χ3n) is 2.95. The summed E-state index contributed by atoms with van der Waals surface area (Å²) in [4.78, 5) is 4.33. The van der Waals surface area contributed by atoms with E-state index in [0.29, 0.717) is 5.41 Å².